The molecule has 1 heterocycles. The number of carbonyl (C=O) groups excluding carboxylic acids is 1. The second-order valence-electron chi connectivity index (χ2n) is 7.21. The molecule has 0 bridgehead atoms. The molecule has 0 N–H and O–H groups in total. The second kappa shape index (κ2) is 8.07. The third kappa shape index (κ3) is 3.90. The normalized spacial score (nSPS) is 16.9. The fourth-order valence-electron chi connectivity index (χ4n) is 3.75. The number of hydrogen-bond donors (Lipinski definition) is 0. The van der Waals surface area contributed by atoms with Crippen LogP contribution in [0.25, 0.3) is 0 Å². The third-order valence-corrected chi connectivity index (χ3v) is 5.56. The van der Waals surface area contributed by atoms with Crippen molar-refractivity contribution in [3.05, 3.63) is 101 Å². The molecule has 3 aromatic carbocycles. The van der Waals surface area contributed by atoms with Gasteiger partial charge in [-0.1, -0.05) is 59.6 Å². The Hall–Kier alpha value is -2.78. The van der Waals surface area contributed by atoms with E-state index in [0.29, 0.717) is 13.1 Å². The van der Waals surface area contributed by atoms with Gasteiger partial charge in [-0.3, -0.25) is 4.79 Å². The Morgan fingerprint density at radius 3 is 2.25 bits per heavy atom. The number of anilines is 1. The second-order valence-corrected chi connectivity index (χ2v) is 7.65. The van der Waals surface area contributed by atoms with E-state index in [9.17, 15) is 4.79 Å². The van der Waals surface area contributed by atoms with Gasteiger partial charge in [0, 0.05) is 35.9 Å². The van der Waals surface area contributed by atoms with E-state index in [1.165, 1.54) is 11.3 Å². The van der Waals surface area contributed by atoms with Crippen LogP contribution in [-0.2, 0) is 0 Å². The molecule has 3 aromatic rings. The first kappa shape index (κ1) is 18.6. The Bertz CT molecular complexity index is 939. The number of rotatable bonds is 3. The molecule has 0 aromatic heterocycles. The van der Waals surface area contributed by atoms with Crippen molar-refractivity contribution in [2.24, 2.45) is 0 Å². The first-order valence-electron chi connectivity index (χ1n) is 9.55. The molecule has 142 valence electrons. The molecule has 1 fully saturated rings. The van der Waals surface area contributed by atoms with Gasteiger partial charge >= 0.3 is 0 Å². The molecule has 28 heavy (non-hydrogen) atoms. The van der Waals surface area contributed by atoms with E-state index >= 15 is 0 Å². The number of benzene rings is 3. The zero-order valence-electron chi connectivity index (χ0n) is 15.9. The first-order valence-corrected chi connectivity index (χ1v) is 9.93. The molecule has 1 aliphatic heterocycles. The third-order valence-electron chi connectivity index (χ3n) is 5.31. The summed E-state index contributed by atoms with van der Waals surface area (Å²) in [6, 6.07) is 26.1. The summed E-state index contributed by atoms with van der Waals surface area (Å²) in [6.07, 6.45) is 0. The Morgan fingerprint density at radius 2 is 1.57 bits per heavy atom. The van der Waals surface area contributed by atoms with Crippen LogP contribution in [0.15, 0.2) is 78.9 Å². The largest absolute Gasteiger partial charge is 0.361 e. The Kier molecular flexibility index (Phi) is 5.36. The summed E-state index contributed by atoms with van der Waals surface area (Å²) in [7, 11) is 0. The van der Waals surface area contributed by atoms with Gasteiger partial charge < -0.3 is 9.80 Å². The fourth-order valence-corrected chi connectivity index (χ4v) is 3.87. The number of hydrogen-bond acceptors (Lipinski definition) is 2. The van der Waals surface area contributed by atoms with Crippen LogP contribution >= 0.6 is 11.6 Å². The van der Waals surface area contributed by atoms with Gasteiger partial charge in [0.15, 0.2) is 0 Å². The van der Waals surface area contributed by atoms with Crippen LogP contribution in [0.5, 0.6) is 0 Å². The van der Waals surface area contributed by atoms with Crippen LogP contribution in [0, 0.1) is 6.92 Å². The van der Waals surface area contributed by atoms with Crippen molar-refractivity contribution < 1.29 is 4.79 Å². The Morgan fingerprint density at radius 1 is 0.893 bits per heavy atom. The summed E-state index contributed by atoms with van der Waals surface area (Å²) < 4.78 is 0. The van der Waals surface area contributed by atoms with Gasteiger partial charge in [-0.05, 0) is 48.9 Å². The summed E-state index contributed by atoms with van der Waals surface area (Å²) in [6.45, 7) is 4.22. The Labute approximate surface area is 171 Å². The van der Waals surface area contributed by atoms with E-state index in [1.54, 1.807) is 0 Å². The highest BCUT2D eigenvalue weighted by molar-refractivity contribution is 6.30. The molecule has 0 radical (unpaired) electrons. The average molecular weight is 391 g/mol. The maximum atomic E-state index is 13.0. The van der Waals surface area contributed by atoms with Crippen molar-refractivity contribution in [2.75, 3.05) is 24.5 Å². The molecule has 1 atom stereocenters. The number of nitrogens with zero attached hydrogens (tertiary/aromatic N) is 2. The minimum Gasteiger partial charge on any atom is -0.361 e. The van der Waals surface area contributed by atoms with Crippen molar-refractivity contribution in [3.8, 4) is 0 Å². The lowest BCUT2D eigenvalue weighted by Gasteiger charge is -2.43. The predicted molar refractivity (Wildman–Crippen MR) is 115 cm³/mol. The molecular weight excluding hydrogens is 368 g/mol. The van der Waals surface area contributed by atoms with Crippen molar-refractivity contribution >= 4 is 23.2 Å². The van der Waals surface area contributed by atoms with E-state index in [0.717, 1.165) is 22.7 Å². The quantitative estimate of drug-likeness (QED) is 0.601. The van der Waals surface area contributed by atoms with Crippen molar-refractivity contribution in [3.63, 3.8) is 0 Å². The standard InChI is InChI=1S/C24H23ClN2O/c1-18-7-13-22(14-8-18)27-16-15-26(24(28)20-5-3-2-4-6-20)17-23(27)19-9-11-21(25)12-10-19/h2-14,23H,15-17H2,1H3. The monoisotopic (exact) mass is 390 g/mol. The molecule has 0 aliphatic carbocycles. The Balaban J connectivity index is 1.64. The summed E-state index contributed by atoms with van der Waals surface area (Å²) >= 11 is 6.10. The lowest BCUT2D eigenvalue weighted by atomic mass is 10.0. The molecule has 1 amide bonds. The van der Waals surface area contributed by atoms with E-state index in [2.05, 4.69) is 48.2 Å². The van der Waals surface area contributed by atoms with Crippen LogP contribution in [0.1, 0.15) is 27.5 Å². The van der Waals surface area contributed by atoms with Gasteiger partial charge in [-0.25, -0.2) is 0 Å². The molecule has 1 saturated heterocycles. The van der Waals surface area contributed by atoms with Crippen LogP contribution in [0.4, 0.5) is 5.69 Å². The van der Waals surface area contributed by atoms with Crippen LogP contribution in [0.2, 0.25) is 5.02 Å². The van der Waals surface area contributed by atoms with Crippen LogP contribution < -0.4 is 4.90 Å². The van der Waals surface area contributed by atoms with Gasteiger partial charge in [0.05, 0.1) is 6.04 Å². The van der Waals surface area contributed by atoms with E-state index in [1.807, 2.05) is 47.4 Å². The molecular formula is C24H23ClN2O. The lowest BCUT2D eigenvalue weighted by Crippen LogP contribution is -2.50. The summed E-state index contributed by atoms with van der Waals surface area (Å²) in [5.74, 6) is 0.0862. The lowest BCUT2D eigenvalue weighted by molar-refractivity contribution is 0.0722. The van der Waals surface area contributed by atoms with Gasteiger partial charge in [0.25, 0.3) is 5.91 Å². The van der Waals surface area contributed by atoms with E-state index < -0.39 is 0 Å². The number of aryl methyl sites for hydroxylation is 1. The van der Waals surface area contributed by atoms with Crippen molar-refractivity contribution in [2.45, 2.75) is 13.0 Å². The van der Waals surface area contributed by atoms with Crippen molar-refractivity contribution in [1.29, 1.82) is 0 Å². The number of carbonyl (C=O) groups is 1. The van der Waals surface area contributed by atoms with Gasteiger partial charge in [0.2, 0.25) is 0 Å². The minimum absolute atomic E-state index is 0.0846. The molecule has 0 saturated carbocycles. The van der Waals surface area contributed by atoms with Gasteiger partial charge in [0.1, 0.15) is 0 Å². The first-order chi connectivity index (χ1) is 13.6. The SMILES string of the molecule is Cc1ccc(N2CCN(C(=O)c3ccccc3)CC2c2ccc(Cl)cc2)cc1. The minimum atomic E-state index is 0.0846. The number of amides is 1. The maximum Gasteiger partial charge on any atom is 0.253 e. The predicted octanol–water partition coefficient (Wildman–Crippen LogP) is 5.35. The zero-order valence-corrected chi connectivity index (χ0v) is 16.6. The topological polar surface area (TPSA) is 23.6 Å². The molecule has 1 unspecified atom stereocenters. The molecule has 0 spiro atoms. The van der Waals surface area contributed by atoms with Crippen molar-refractivity contribution in [1.82, 2.24) is 4.90 Å². The van der Waals surface area contributed by atoms with Crippen LogP contribution in [0.3, 0.4) is 0 Å². The highest BCUT2D eigenvalue weighted by atomic mass is 35.5. The van der Waals surface area contributed by atoms with E-state index in [-0.39, 0.29) is 11.9 Å². The molecule has 4 heteroatoms. The smallest absolute Gasteiger partial charge is 0.253 e. The molecule has 1 aliphatic rings. The fraction of sp³-hybridized carbons (Fsp3) is 0.208. The highest BCUT2D eigenvalue weighted by Crippen LogP contribution is 2.32. The number of piperazine rings is 1. The summed E-state index contributed by atoms with van der Waals surface area (Å²) in [5.41, 5.74) is 4.32. The van der Waals surface area contributed by atoms with Gasteiger partial charge in [-0.15, -0.1) is 0 Å². The van der Waals surface area contributed by atoms with Crippen LogP contribution in [-0.4, -0.2) is 30.4 Å². The molecule has 4 rings (SSSR count). The summed E-state index contributed by atoms with van der Waals surface area (Å²) in [5, 5.41) is 0.721. The highest BCUT2D eigenvalue weighted by Gasteiger charge is 2.31. The van der Waals surface area contributed by atoms with E-state index in [4.69, 9.17) is 11.6 Å². The number of halogens is 1. The maximum absolute atomic E-state index is 13.0. The summed E-state index contributed by atoms with van der Waals surface area (Å²) in [4.78, 5) is 17.3. The molecule has 3 nitrogen and oxygen atoms in total. The van der Waals surface area contributed by atoms with Gasteiger partial charge in [-0.2, -0.15) is 0 Å². The zero-order chi connectivity index (χ0) is 19.5. The average Bonchev–Trinajstić information content (AvgIpc) is 2.75.